The standard InChI is InChI=1S/C18H31NO3/c1-2-3-4-5-9-12-15-18(19(21)22)16-13-10-7-6-8-11-14-17-20/h9,12-13,16-18H,2-8,10-11,14-15H2,1H3/b12-9-,16-13+. The van der Waals surface area contributed by atoms with Gasteiger partial charge in [-0.2, -0.15) is 0 Å². The van der Waals surface area contributed by atoms with Gasteiger partial charge in [0.25, 0.3) is 0 Å². The fourth-order valence-corrected chi connectivity index (χ4v) is 2.20. The van der Waals surface area contributed by atoms with E-state index in [9.17, 15) is 14.9 Å². The lowest BCUT2D eigenvalue weighted by Crippen LogP contribution is -2.15. The second kappa shape index (κ2) is 15.9. The molecule has 0 radical (unpaired) electrons. The molecule has 0 amide bonds. The molecule has 0 bridgehead atoms. The fourth-order valence-electron chi connectivity index (χ4n) is 2.20. The van der Waals surface area contributed by atoms with Crippen molar-refractivity contribution in [2.75, 3.05) is 0 Å². The molecule has 0 aliphatic rings. The maximum absolute atomic E-state index is 11.0. The molecule has 0 aromatic rings. The molecule has 0 saturated heterocycles. The third-order valence-electron chi connectivity index (χ3n) is 3.59. The molecule has 0 spiro atoms. The van der Waals surface area contributed by atoms with E-state index in [0.29, 0.717) is 12.8 Å². The predicted octanol–water partition coefficient (Wildman–Crippen LogP) is 5.25. The second-order valence-corrected chi connectivity index (χ2v) is 5.64. The van der Waals surface area contributed by atoms with Gasteiger partial charge < -0.3 is 4.79 Å². The lowest BCUT2D eigenvalue weighted by Gasteiger charge is -2.01. The van der Waals surface area contributed by atoms with Gasteiger partial charge in [0.15, 0.2) is 0 Å². The molecule has 1 unspecified atom stereocenters. The lowest BCUT2D eigenvalue weighted by molar-refractivity contribution is -0.508. The van der Waals surface area contributed by atoms with Crippen LogP contribution < -0.4 is 0 Å². The van der Waals surface area contributed by atoms with Crippen molar-refractivity contribution in [3.8, 4) is 0 Å². The summed E-state index contributed by atoms with van der Waals surface area (Å²) in [6.45, 7) is 2.17. The molecule has 0 aliphatic carbocycles. The predicted molar refractivity (Wildman–Crippen MR) is 91.6 cm³/mol. The summed E-state index contributed by atoms with van der Waals surface area (Å²) < 4.78 is 0. The van der Waals surface area contributed by atoms with Gasteiger partial charge in [0.05, 0.1) is 0 Å². The smallest absolute Gasteiger partial charge is 0.234 e. The number of rotatable bonds is 15. The molecule has 22 heavy (non-hydrogen) atoms. The van der Waals surface area contributed by atoms with E-state index >= 15 is 0 Å². The molecule has 0 rings (SSSR count). The van der Waals surface area contributed by atoms with Gasteiger partial charge in [-0.05, 0) is 38.2 Å². The number of nitrogens with zero attached hydrogens (tertiary/aromatic N) is 1. The molecule has 4 heteroatoms. The van der Waals surface area contributed by atoms with Crippen LogP contribution >= 0.6 is 0 Å². The SMILES string of the molecule is CCCCC/C=C\CC(/C=C/CCCCCCC=O)[N+](=O)[O-]. The maximum Gasteiger partial charge on any atom is 0.234 e. The zero-order valence-electron chi connectivity index (χ0n) is 13.9. The van der Waals surface area contributed by atoms with Crippen molar-refractivity contribution >= 4 is 6.29 Å². The molecule has 0 aromatic heterocycles. The topological polar surface area (TPSA) is 60.2 Å². The van der Waals surface area contributed by atoms with Crippen LogP contribution in [0.2, 0.25) is 0 Å². The summed E-state index contributed by atoms with van der Waals surface area (Å²) in [5.41, 5.74) is 0. The van der Waals surface area contributed by atoms with Crippen LogP contribution in [0.15, 0.2) is 24.3 Å². The van der Waals surface area contributed by atoms with E-state index < -0.39 is 6.04 Å². The highest BCUT2D eigenvalue weighted by atomic mass is 16.6. The molecule has 0 N–H and O–H groups in total. The molecule has 0 heterocycles. The molecule has 126 valence electrons. The molecular weight excluding hydrogens is 278 g/mol. The first kappa shape index (κ1) is 20.6. The van der Waals surface area contributed by atoms with Gasteiger partial charge >= 0.3 is 0 Å². The van der Waals surface area contributed by atoms with E-state index in [1.807, 2.05) is 12.2 Å². The number of unbranched alkanes of at least 4 members (excludes halogenated alkanes) is 8. The van der Waals surface area contributed by atoms with Crippen LogP contribution in [0.25, 0.3) is 0 Å². The molecular formula is C18H31NO3. The first-order valence-electron chi connectivity index (χ1n) is 8.61. The summed E-state index contributed by atoms with van der Waals surface area (Å²) in [5, 5.41) is 11.0. The Morgan fingerprint density at radius 3 is 2.18 bits per heavy atom. The van der Waals surface area contributed by atoms with Crippen molar-refractivity contribution in [1.82, 2.24) is 0 Å². The molecule has 0 aromatic carbocycles. The van der Waals surface area contributed by atoms with Crippen LogP contribution in [0, 0.1) is 10.1 Å². The Morgan fingerprint density at radius 2 is 1.55 bits per heavy atom. The van der Waals surface area contributed by atoms with Gasteiger partial charge in [0.2, 0.25) is 6.04 Å². The van der Waals surface area contributed by atoms with Crippen LogP contribution in [-0.4, -0.2) is 17.3 Å². The van der Waals surface area contributed by atoms with Crippen molar-refractivity contribution in [1.29, 1.82) is 0 Å². The average Bonchev–Trinajstić information content (AvgIpc) is 2.50. The van der Waals surface area contributed by atoms with E-state index in [1.54, 1.807) is 6.08 Å². The monoisotopic (exact) mass is 309 g/mol. The van der Waals surface area contributed by atoms with Gasteiger partial charge in [-0.15, -0.1) is 0 Å². The van der Waals surface area contributed by atoms with Crippen molar-refractivity contribution in [2.24, 2.45) is 0 Å². The summed E-state index contributed by atoms with van der Waals surface area (Å²) in [6, 6.07) is -0.600. The summed E-state index contributed by atoms with van der Waals surface area (Å²) in [5.74, 6) is 0. The van der Waals surface area contributed by atoms with Crippen molar-refractivity contribution in [2.45, 2.75) is 83.6 Å². The first-order valence-corrected chi connectivity index (χ1v) is 8.61. The highest BCUT2D eigenvalue weighted by molar-refractivity contribution is 5.48. The lowest BCUT2D eigenvalue weighted by atomic mass is 10.1. The Balaban J connectivity index is 3.81. The summed E-state index contributed by atoms with van der Waals surface area (Å²) in [7, 11) is 0. The minimum atomic E-state index is -0.600. The molecule has 0 saturated carbocycles. The average molecular weight is 309 g/mol. The number of carbonyl (C=O) groups excluding carboxylic acids is 1. The Bertz CT molecular complexity index is 337. The van der Waals surface area contributed by atoms with Gasteiger partial charge in [0, 0.05) is 17.8 Å². The molecule has 1 atom stereocenters. The summed E-state index contributed by atoms with van der Waals surface area (Å²) in [6.07, 6.45) is 19.3. The van der Waals surface area contributed by atoms with Crippen molar-refractivity contribution < 1.29 is 9.72 Å². The fraction of sp³-hybridized carbons (Fsp3) is 0.722. The number of hydrogen-bond donors (Lipinski definition) is 0. The third kappa shape index (κ3) is 13.5. The van der Waals surface area contributed by atoms with E-state index in [0.717, 1.165) is 51.2 Å². The Morgan fingerprint density at radius 1 is 0.909 bits per heavy atom. The number of aldehydes is 1. The zero-order valence-corrected chi connectivity index (χ0v) is 13.9. The van der Waals surface area contributed by atoms with Crippen LogP contribution in [0.1, 0.15) is 77.6 Å². The molecule has 0 aliphatic heterocycles. The number of nitro groups is 1. The van der Waals surface area contributed by atoms with Crippen LogP contribution in [0.5, 0.6) is 0 Å². The minimum Gasteiger partial charge on any atom is -0.303 e. The van der Waals surface area contributed by atoms with Gasteiger partial charge in [0.1, 0.15) is 6.29 Å². The van der Waals surface area contributed by atoms with Crippen molar-refractivity contribution in [3.05, 3.63) is 34.4 Å². The normalized spacial score (nSPS) is 13.0. The highest BCUT2D eigenvalue weighted by Crippen LogP contribution is 2.08. The maximum atomic E-state index is 11.0. The second-order valence-electron chi connectivity index (χ2n) is 5.64. The van der Waals surface area contributed by atoms with E-state index in [1.165, 1.54) is 12.8 Å². The Labute approximate surface area is 134 Å². The Hall–Kier alpha value is -1.45. The number of allylic oxidation sites excluding steroid dienone is 2. The summed E-state index contributed by atoms with van der Waals surface area (Å²) >= 11 is 0. The van der Waals surface area contributed by atoms with E-state index in [4.69, 9.17) is 0 Å². The Kier molecular flexibility index (Phi) is 14.9. The molecule has 0 fully saturated rings. The molecule has 4 nitrogen and oxygen atoms in total. The highest BCUT2D eigenvalue weighted by Gasteiger charge is 2.12. The first-order chi connectivity index (χ1) is 10.7. The van der Waals surface area contributed by atoms with Gasteiger partial charge in [-0.3, -0.25) is 10.1 Å². The minimum absolute atomic E-state index is 0.211. The zero-order chi connectivity index (χ0) is 16.5. The van der Waals surface area contributed by atoms with Gasteiger partial charge in [-0.1, -0.05) is 50.8 Å². The summed E-state index contributed by atoms with van der Waals surface area (Å²) in [4.78, 5) is 20.9. The van der Waals surface area contributed by atoms with E-state index in [-0.39, 0.29) is 4.92 Å². The number of carbonyl (C=O) groups is 1. The van der Waals surface area contributed by atoms with Crippen LogP contribution in [0.4, 0.5) is 0 Å². The number of hydrogen-bond acceptors (Lipinski definition) is 3. The van der Waals surface area contributed by atoms with Crippen LogP contribution in [0.3, 0.4) is 0 Å². The largest absolute Gasteiger partial charge is 0.303 e. The van der Waals surface area contributed by atoms with Gasteiger partial charge in [-0.25, -0.2) is 0 Å². The van der Waals surface area contributed by atoms with Crippen molar-refractivity contribution in [3.63, 3.8) is 0 Å². The third-order valence-corrected chi connectivity index (χ3v) is 3.59. The van der Waals surface area contributed by atoms with Crippen LogP contribution in [-0.2, 0) is 4.79 Å². The quantitative estimate of drug-likeness (QED) is 0.136. The van der Waals surface area contributed by atoms with E-state index in [2.05, 4.69) is 13.0 Å².